The zero-order valence-corrected chi connectivity index (χ0v) is 10.6. The monoisotopic (exact) mass is 249 g/mol. The number of aryl methyl sites for hydroxylation is 1. The van der Waals surface area contributed by atoms with Crippen LogP contribution in [0.15, 0.2) is 12.4 Å². The number of aromatic nitrogens is 5. The number of rotatable bonds is 4. The molecule has 0 aromatic carbocycles. The average molecular weight is 249 g/mol. The molecule has 96 valence electrons. The van der Waals surface area contributed by atoms with Crippen LogP contribution in [0, 0.1) is 6.92 Å². The highest BCUT2D eigenvalue weighted by Gasteiger charge is 2.21. The van der Waals surface area contributed by atoms with Crippen LogP contribution < -0.4 is 0 Å². The summed E-state index contributed by atoms with van der Waals surface area (Å²) in [6.45, 7) is 4.39. The van der Waals surface area contributed by atoms with Gasteiger partial charge in [-0.1, -0.05) is 0 Å². The summed E-state index contributed by atoms with van der Waals surface area (Å²) in [6.07, 6.45) is 3.19. The minimum atomic E-state index is -0.414. The van der Waals surface area contributed by atoms with Gasteiger partial charge >= 0.3 is 5.97 Å². The van der Waals surface area contributed by atoms with Crippen LogP contribution in [-0.4, -0.2) is 37.4 Å². The predicted molar refractivity (Wildman–Crippen MR) is 63.0 cm³/mol. The molecule has 2 aromatic heterocycles. The molecule has 0 aliphatic rings. The molecule has 0 bridgehead atoms. The normalized spacial score (nSPS) is 10.6. The number of ether oxygens (including phenoxy) is 1. The Kier molecular flexibility index (Phi) is 3.40. The molecule has 2 aromatic rings. The van der Waals surface area contributed by atoms with Crippen molar-refractivity contribution in [3.05, 3.63) is 29.3 Å². The van der Waals surface area contributed by atoms with Crippen LogP contribution in [0.2, 0.25) is 0 Å². The van der Waals surface area contributed by atoms with Crippen molar-refractivity contribution in [1.82, 2.24) is 24.8 Å². The maximum atomic E-state index is 11.8. The van der Waals surface area contributed by atoms with Crippen LogP contribution >= 0.6 is 0 Å². The van der Waals surface area contributed by atoms with Gasteiger partial charge < -0.3 is 4.74 Å². The highest BCUT2D eigenvalue weighted by Crippen LogP contribution is 2.15. The molecule has 0 aliphatic heterocycles. The van der Waals surface area contributed by atoms with Crippen LogP contribution in [0.3, 0.4) is 0 Å². The minimum absolute atomic E-state index is 0.327. The number of hydrogen-bond donors (Lipinski definition) is 0. The highest BCUT2D eigenvalue weighted by atomic mass is 16.5. The minimum Gasteiger partial charge on any atom is -0.461 e. The van der Waals surface area contributed by atoms with E-state index in [4.69, 9.17) is 4.74 Å². The number of esters is 1. The van der Waals surface area contributed by atoms with Gasteiger partial charge in [0, 0.05) is 18.3 Å². The Morgan fingerprint density at radius 2 is 2.06 bits per heavy atom. The topological polar surface area (TPSA) is 74.8 Å². The maximum Gasteiger partial charge on any atom is 0.359 e. The van der Waals surface area contributed by atoms with Crippen molar-refractivity contribution in [1.29, 1.82) is 0 Å². The number of carbonyl (C=O) groups excluding carboxylic acids is 1. The molecule has 0 spiro atoms. The van der Waals surface area contributed by atoms with Crippen LogP contribution in [-0.2, 0) is 18.3 Å². The molecule has 0 unspecified atom stereocenters. The summed E-state index contributed by atoms with van der Waals surface area (Å²) >= 11 is 0. The van der Waals surface area contributed by atoms with Crippen molar-refractivity contribution in [2.75, 3.05) is 6.61 Å². The molecule has 0 radical (unpaired) electrons. The zero-order valence-electron chi connectivity index (χ0n) is 10.6. The smallest absolute Gasteiger partial charge is 0.359 e. The molecule has 0 saturated carbocycles. The Morgan fingerprint density at radius 3 is 2.67 bits per heavy atom. The van der Waals surface area contributed by atoms with E-state index in [0.29, 0.717) is 18.8 Å². The molecule has 0 fully saturated rings. The van der Waals surface area contributed by atoms with Crippen molar-refractivity contribution in [3.63, 3.8) is 0 Å². The first-order valence-corrected chi connectivity index (χ1v) is 5.67. The van der Waals surface area contributed by atoms with E-state index in [9.17, 15) is 4.79 Å². The fourth-order valence-corrected chi connectivity index (χ4v) is 1.67. The highest BCUT2D eigenvalue weighted by molar-refractivity contribution is 5.89. The van der Waals surface area contributed by atoms with E-state index >= 15 is 0 Å². The second-order valence-corrected chi connectivity index (χ2v) is 3.82. The molecular formula is C11H15N5O2. The van der Waals surface area contributed by atoms with Crippen molar-refractivity contribution in [2.45, 2.75) is 20.4 Å². The molecule has 18 heavy (non-hydrogen) atoms. The Morgan fingerprint density at radius 1 is 1.39 bits per heavy atom. The summed E-state index contributed by atoms with van der Waals surface area (Å²) in [4.78, 5) is 13.3. The van der Waals surface area contributed by atoms with Crippen molar-refractivity contribution < 1.29 is 9.53 Å². The van der Waals surface area contributed by atoms with Crippen LogP contribution in [0.4, 0.5) is 0 Å². The SMILES string of the molecule is CCOC(=O)c1nn(C)c(C)c1Cn1nccn1. The third-order valence-electron chi connectivity index (χ3n) is 2.69. The number of carbonyl (C=O) groups is 1. The van der Waals surface area contributed by atoms with Gasteiger partial charge in [0.15, 0.2) is 5.69 Å². The van der Waals surface area contributed by atoms with E-state index < -0.39 is 5.97 Å². The summed E-state index contributed by atoms with van der Waals surface area (Å²) in [5.41, 5.74) is 2.01. The number of nitrogens with zero attached hydrogens (tertiary/aromatic N) is 5. The quantitative estimate of drug-likeness (QED) is 0.739. The Labute approximate surface area is 104 Å². The molecule has 7 heteroatoms. The van der Waals surface area contributed by atoms with Gasteiger partial charge in [-0.05, 0) is 13.8 Å². The van der Waals surface area contributed by atoms with Crippen LogP contribution in [0.25, 0.3) is 0 Å². The standard InChI is InChI=1S/C11H15N5O2/c1-4-18-11(17)10-9(8(2)15(3)14-10)7-16-12-5-6-13-16/h5-6H,4,7H2,1-3H3. The number of hydrogen-bond acceptors (Lipinski definition) is 5. The Bertz CT molecular complexity index is 544. The van der Waals surface area contributed by atoms with Gasteiger partial charge in [0.2, 0.25) is 0 Å². The molecule has 2 rings (SSSR count). The molecule has 2 heterocycles. The summed E-state index contributed by atoms with van der Waals surface area (Å²) < 4.78 is 6.65. The van der Waals surface area contributed by atoms with Gasteiger partial charge in [-0.15, -0.1) is 0 Å². The van der Waals surface area contributed by atoms with E-state index in [1.54, 1.807) is 31.0 Å². The Hall–Kier alpha value is -2.18. The second-order valence-electron chi connectivity index (χ2n) is 3.82. The maximum absolute atomic E-state index is 11.8. The average Bonchev–Trinajstić information content (AvgIpc) is 2.93. The zero-order chi connectivity index (χ0) is 13.1. The van der Waals surface area contributed by atoms with Crippen molar-refractivity contribution in [2.24, 2.45) is 7.05 Å². The van der Waals surface area contributed by atoms with Crippen LogP contribution in [0.1, 0.15) is 28.7 Å². The summed E-state index contributed by atoms with van der Waals surface area (Å²) in [7, 11) is 1.79. The van der Waals surface area contributed by atoms with Gasteiger partial charge in [0.25, 0.3) is 0 Å². The lowest BCUT2D eigenvalue weighted by Crippen LogP contribution is -2.12. The van der Waals surface area contributed by atoms with Gasteiger partial charge in [0.05, 0.1) is 25.5 Å². The molecular weight excluding hydrogens is 234 g/mol. The van der Waals surface area contributed by atoms with Gasteiger partial charge in [0.1, 0.15) is 0 Å². The van der Waals surface area contributed by atoms with Crippen molar-refractivity contribution >= 4 is 5.97 Å². The Balaban J connectivity index is 2.35. The lowest BCUT2D eigenvalue weighted by atomic mass is 10.2. The summed E-state index contributed by atoms with van der Waals surface area (Å²) in [6, 6.07) is 0. The second kappa shape index (κ2) is 4.99. The largest absolute Gasteiger partial charge is 0.461 e. The van der Waals surface area contributed by atoms with Gasteiger partial charge in [-0.25, -0.2) is 4.79 Å². The fraction of sp³-hybridized carbons (Fsp3) is 0.455. The molecule has 0 amide bonds. The lowest BCUT2D eigenvalue weighted by molar-refractivity contribution is 0.0517. The first kappa shape index (κ1) is 12.3. The molecule has 0 aliphatic carbocycles. The van der Waals surface area contributed by atoms with E-state index in [1.165, 1.54) is 4.80 Å². The van der Waals surface area contributed by atoms with Gasteiger partial charge in [-0.2, -0.15) is 20.1 Å². The third kappa shape index (κ3) is 2.24. The first-order valence-electron chi connectivity index (χ1n) is 5.67. The molecule has 0 atom stereocenters. The van der Waals surface area contributed by atoms with Gasteiger partial charge in [-0.3, -0.25) is 4.68 Å². The summed E-state index contributed by atoms with van der Waals surface area (Å²) in [5.74, 6) is -0.414. The predicted octanol–water partition coefficient (Wildman–Crippen LogP) is 0.545. The van der Waals surface area contributed by atoms with Crippen molar-refractivity contribution in [3.8, 4) is 0 Å². The molecule has 0 saturated heterocycles. The molecule has 0 N–H and O–H groups in total. The van der Waals surface area contributed by atoms with E-state index in [-0.39, 0.29) is 0 Å². The lowest BCUT2D eigenvalue weighted by Gasteiger charge is -2.03. The van der Waals surface area contributed by atoms with Crippen LogP contribution in [0.5, 0.6) is 0 Å². The fourth-order valence-electron chi connectivity index (χ4n) is 1.67. The van der Waals surface area contributed by atoms with E-state index in [0.717, 1.165) is 11.3 Å². The first-order chi connectivity index (χ1) is 8.63. The summed E-state index contributed by atoms with van der Waals surface area (Å²) in [5, 5.41) is 12.2. The molecule has 7 nitrogen and oxygen atoms in total. The van der Waals surface area contributed by atoms with E-state index in [1.807, 2.05) is 6.92 Å². The third-order valence-corrected chi connectivity index (χ3v) is 2.69. The van der Waals surface area contributed by atoms with E-state index in [2.05, 4.69) is 15.3 Å².